The fourth-order valence-electron chi connectivity index (χ4n) is 1.05. The number of rotatable bonds is 4. The van der Waals surface area contributed by atoms with Crippen LogP contribution in [0.15, 0.2) is 18.2 Å². The van der Waals surface area contributed by atoms with Gasteiger partial charge in [0.05, 0.1) is 38.7 Å². The summed E-state index contributed by atoms with van der Waals surface area (Å²) in [6.07, 6.45) is 0. The summed E-state index contributed by atoms with van der Waals surface area (Å²) in [5.74, 6) is -1.89. The van der Waals surface area contributed by atoms with Gasteiger partial charge < -0.3 is 24.2 Å². The zero-order chi connectivity index (χ0) is 15.1. The Bertz CT molecular complexity index is 416. The fourth-order valence-corrected chi connectivity index (χ4v) is 1.22. The molecular weight excluding hydrogens is 270 g/mol. The Balaban J connectivity index is 0.000000362. The van der Waals surface area contributed by atoms with Gasteiger partial charge in [-0.25, -0.2) is 0 Å². The molecule has 0 spiro atoms. The number of phenols is 1. The van der Waals surface area contributed by atoms with Gasteiger partial charge in [0.2, 0.25) is 0 Å². The van der Waals surface area contributed by atoms with Gasteiger partial charge in [-0.15, -0.1) is 0 Å². The molecule has 0 bridgehead atoms. The summed E-state index contributed by atoms with van der Waals surface area (Å²) in [5.41, 5.74) is -0.294. The van der Waals surface area contributed by atoms with Crippen molar-refractivity contribution in [1.29, 1.82) is 0 Å². The van der Waals surface area contributed by atoms with Crippen molar-refractivity contribution >= 4 is 17.6 Å². The normalized spacial score (nSPS) is 10.6. The largest absolute Gasteiger partial charge is 0.545 e. The van der Waals surface area contributed by atoms with E-state index in [1.165, 1.54) is 18.2 Å². The lowest BCUT2D eigenvalue weighted by atomic mass is 10.2. The van der Waals surface area contributed by atoms with Crippen LogP contribution in [0.25, 0.3) is 0 Å². The quantitative estimate of drug-likeness (QED) is 0.831. The van der Waals surface area contributed by atoms with E-state index >= 15 is 0 Å². The van der Waals surface area contributed by atoms with Crippen molar-refractivity contribution in [1.82, 2.24) is 0 Å². The van der Waals surface area contributed by atoms with Gasteiger partial charge in [0.25, 0.3) is 0 Å². The lowest BCUT2D eigenvalue weighted by Gasteiger charge is -2.22. The molecule has 1 N–H and O–H groups in total. The number of hydrogen-bond acceptors (Lipinski definition) is 4. The molecule has 0 saturated heterocycles. The van der Waals surface area contributed by atoms with Crippen molar-refractivity contribution in [2.45, 2.75) is 0 Å². The second kappa shape index (κ2) is 7.99. The Morgan fingerprint density at radius 2 is 2.00 bits per heavy atom. The smallest absolute Gasteiger partial charge is 0.143 e. The van der Waals surface area contributed by atoms with Crippen LogP contribution in [0.3, 0.4) is 0 Å². The average molecular weight is 290 g/mol. The van der Waals surface area contributed by atoms with Gasteiger partial charge >= 0.3 is 0 Å². The standard InChI is InChI=1S/C7H5ClO3.C6H16NO/c8-5-3-1-2-4(6(5)9)7(10)11;1-7(2,3)5-6-8-4/h1-3,9H,(H,10,11);5-6H2,1-4H3/q;+1/p-1. The van der Waals surface area contributed by atoms with Crippen LogP contribution in [0, 0.1) is 0 Å². The number of halogens is 1. The molecule has 1 aromatic rings. The van der Waals surface area contributed by atoms with Gasteiger partial charge in [-0.2, -0.15) is 0 Å². The van der Waals surface area contributed by atoms with Crippen LogP contribution in [-0.4, -0.2) is 57.0 Å². The number of likely N-dealkylation sites (N-methyl/N-ethyl adjacent to an activating group) is 1. The Labute approximate surface area is 118 Å². The maximum Gasteiger partial charge on any atom is 0.143 e. The highest BCUT2D eigenvalue weighted by molar-refractivity contribution is 6.32. The number of para-hydroxylation sites is 1. The highest BCUT2D eigenvalue weighted by Crippen LogP contribution is 2.25. The summed E-state index contributed by atoms with van der Waals surface area (Å²) in [6.45, 7) is 1.93. The number of quaternary nitrogens is 1. The average Bonchev–Trinajstić information content (AvgIpc) is 2.29. The number of carboxylic acids is 1. The number of hydrogen-bond donors (Lipinski definition) is 1. The Morgan fingerprint density at radius 1 is 1.42 bits per heavy atom. The van der Waals surface area contributed by atoms with Crippen LogP contribution in [-0.2, 0) is 4.74 Å². The first-order chi connectivity index (χ1) is 8.69. The van der Waals surface area contributed by atoms with Crippen molar-refractivity contribution < 1.29 is 24.2 Å². The maximum absolute atomic E-state index is 10.2. The minimum absolute atomic E-state index is 0.00620. The number of carbonyl (C=O) groups excluding carboxylic acids is 1. The monoisotopic (exact) mass is 289 g/mol. The molecule has 108 valence electrons. The van der Waals surface area contributed by atoms with E-state index in [1.807, 2.05) is 0 Å². The molecule has 0 aliphatic rings. The molecule has 1 rings (SSSR count). The van der Waals surface area contributed by atoms with Crippen LogP contribution >= 0.6 is 11.6 Å². The van der Waals surface area contributed by atoms with Crippen molar-refractivity contribution in [3.63, 3.8) is 0 Å². The second-order valence-electron chi connectivity index (χ2n) is 4.93. The number of carboxylic acid groups (broad SMARTS) is 1. The van der Waals surface area contributed by atoms with Crippen molar-refractivity contribution in [3.8, 4) is 5.75 Å². The number of benzene rings is 1. The molecule has 0 amide bonds. The summed E-state index contributed by atoms with van der Waals surface area (Å²) in [4.78, 5) is 10.2. The predicted octanol–water partition coefficient (Wildman–Crippen LogP) is 0.748. The number of aromatic carboxylic acids is 1. The van der Waals surface area contributed by atoms with E-state index in [-0.39, 0.29) is 10.6 Å². The molecule has 0 aliphatic carbocycles. The summed E-state index contributed by atoms with van der Waals surface area (Å²) in [5, 5.41) is 19.3. The number of ether oxygens (including phenoxy) is 1. The Morgan fingerprint density at radius 3 is 2.32 bits per heavy atom. The molecule has 0 aromatic heterocycles. The molecule has 0 fully saturated rings. The van der Waals surface area contributed by atoms with Crippen molar-refractivity contribution in [2.24, 2.45) is 0 Å². The summed E-state index contributed by atoms with van der Waals surface area (Å²) in [7, 11) is 8.19. The zero-order valence-corrected chi connectivity index (χ0v) is 12.4. The first-order valence-electron chi connectivity index (χ1n) is 5.67. The minimum Gasteiger partial charge on any atom is -0.545 e. The lowest BCUT2D eigenvalue weighted by molar-refractivity contribution is -0.870. The van der Waals surface area contributed by atoms with Gasteiger partial charge in [0.1, 0.15) is 12.3 Å². The van der Waals surface area contributed by atoms with Crippen LogP contribution in [0.5, 0.6) is 5.75 Å². The zero-order valence-electron chi connectivity index (χ0n) is 11.6. The van der Waals surface area contributed by atoms with Crippen LogP contribution in [0.1, 0.15) is 10.4 Å². The van der Waals surface area contributed by atoms with Crippen molar-refractivity contribution in [2.75, 3.05) is 41.4 Å². The van der Waals surface area contributed by atoms with Gasteiger partial charge in [0, 0.05) is 12.7 Å². The molecule has 0 radical (unpaired) electrons. The van der Waals surface area contributed by atoms with E-state index < -0.39 is 11.7 Å². The van der Waals surface area contributed by atoms with Gasteiger partial charge in [-0.05, 0) is 12.1 Å². The third-order valence-corrected chi connectivity index (χ3v) is 2.48. The molecule has 0 aliphatic heterocycles. The highest BCUT2D eigenvalue weighted by Gasteiger charge is 2.04. The lowest BCUT2D eigenvalue weighted by Crippen LogP contribution is -2.37. The summed E-state index contributed by atoms with van der Waals surface area (Å²) >= 11 is 5.42. The molecule has 0 saturated carbocycles. The molecule has 0 heterocycles. The first-order valence-corrected chi connectivity index (χ1v) is 6.05. The van der Waals surface area contributed by atoms with E-state index in [4.69, 9.17) is 21.4 Å². The number of aromatic hydroxyl groups is 1. The van der Waals surface area contributed by atoms with E-state index in [9.17, 15) is 9.90 Å². The van der Waals surface area contributed by atoms with E-state index in [0.29, 0.717) is 0 Å². The third-order valence-electron chi connectivity index (χ3n) is 2.17. The second-order valence-corrected chi connectivity index (χ2v) is 5.34. The fraction of sp³-hybridized carbons (Fsp3) is 0.462. The van der Waals surface area contributed by atoms with Crippen molar-refractivity contribution in [3.05, 3.63) is 28.8 Å². The van der Waals surface area contributed by atoms with E-state index in [2.05, 4.69) is 21.1 Å². The molecule has 1 aromatic carbocycles. The predicted molar refractivity (Wildman–Crippen MR) is 72.2 cm³/mol. The number of methoxy groups -OCH3 is 1. The number of nitrogens with zero attached hydrogens (tertiary/aromatic N) is 1. The third kappa shape index (κ3) is 7.66. The minimum atomic E-state index is -1.44. The van der Waals surface area contributed by atoms with E-state index in [0.717, 1.165) is 17.6 Å². The molecule has 0 atom stereocenters. The van der Waals surface area contributed by atoms with Crippen LogP contribution in [0.2, 0.25) is 5.02 Å². The Kier molecular flexibility index (Phi) is 7.44. The topological polar surface area (TPSA) is 69.6 Å². The Hall–Kier alpha value is -1.30. The SMILES string of the molecule is COCC[N+](C)(C)C.O=C([O-])c1cccc(Cl)c1O. The summed E-state index contributed by atoms with van der Waals surface area (Å²) in [6, 6.07) is 4.03. The van der Waals surface area contributed by atoms with Crippen LogP contribution < -0.4 is 5.11 Å². The molecule has 19 heavy (non-hydrogen) atoms. The van der Waals surface area contributed by atoms with Crippen LogP contribution in [0.4, 0.5) is 0 Å². The van der Waals surface area contributed by atoms with Gasteiger partial charge in [-0.1, -0.05) is 17.7 Å². The molecule has 6 heteroatoms. The molecule has 5 nitrogen and oxygen atoms in total. The van der Waals surface area contributed by atoms with Gasteiger partial charge in [0.15, 0.2) is 0 Å². The van der Waals surface area contributed by atoms with Gasteiger partial charge in [-0.3, -0.25) is 0 Å². The first kappa shape index (κ1) is 17.7. The van der Waals surface area contributed by atoms with E-state index in [1.54, 1.807) is 7.11 Å². The number of carbonyl (C=O) groups is 1. The maximum atomic E-state index is 10.2. The molecule has 0 unspecified atom stereocenters. The summed E-state index contributed by atoms with van der Waals surface area (Å²) < 4.78 is 5.88. The molecular formula is C13H20ClNO4. The highest BCUT2D eigenvalue weighted by atomic mass is 35.5.